The van der Waals surface area contributed by atoms with Gasteiger partial charge >= 0.3 is 0 Å². The molecule has 0 aliphatic heterocycles. The largest absolute Gasteiger partial charge is 0.505 e. The lowest BCUT2D eigenvalue weighted by molar-refractivity contribution is 0.0980. The average Bonchev–Trinajstić information content (AvgIpc) is 2.19. The molecule has 1 rings (SSSR count). The van der Waals surface area contributed by atoms with Gasteiger partial charge in [0.15, 0.2) is 11.5 Å². The number of benzene rings is 1. The Labute approximate surface area is 87.5 Å². The van der Waals surface area contributed by atoms with E-state index in [-0.39, 0.29) is 5.75 Å². The summed E-state index contributed by atoms with van der Waals surface area (Å²) in [6, 6.07) is 2.28. The van der Waals surface area contributed by atoms with E-state index < -0.39 is 23.0 Å². The van der Waals surface area contributed by atoms with Crippen molar-refractivity contribution in [1.29, 1.82) is 0 Å². The maximum Gasteiger partial charge on any atom is 0.204 e. The summed E-state index contributed by atoms with van der Waals surface area (Å²) in [4.78, 5) is 0. The van der Waals surface area contributed by atoms with Crippen molar-refractivity contribution >= 4 is 0 Å². The molecule has 15 heavy (non-hydrogen) atoms. The van der Waals surface area contributed by atoms with Gasteiger partial charge in [-0.15, -0.1) is 0 Å². The summed E-state index contributed by atoms with van der Waals surface area (Å²) in [6.45, 7) is 5.43. The van der Waals surface area contributed by atoms with Gasteiger partial charge in [-0.25, -0.2) is 0 Å². The van der Waals surface area contributed by atoms with Crippen LogP contribution in [0.25, 0.3) is 0 Å². The van der Waals surface area contributed by atoms with Crippen molar-refractivity contribution in [3.63, 3.8) is 0 Å². The van der Waals surface area contributed by atoms with Crippen molar-refractivity contribution in [2.24, 2.45) is 0 Å². The SMILES string of the molecule is CCC(C)(C)Oc1ccc(O)c(F)c1F. The van der Waals surface area contributed by atoms with E-state index in [0.717, 1.165) is 6.07 Å². The van der Waals surface area contributed by atoms with E-state index in [9.17, 15) is 8.78 Å². The number of hydrogen-bond acceptors (Lipinski definition) is 2. The summed E-state index contributed by atoms with van der Waals surface area (Å²) in [7, 11) is 0. The van der Waals surface area contributed by atoms with Gasteiger partial charge in [0.25, 0.3) is 0 Å². The molecule has 4 heteroatoms. The molecule has 0 saturated carbocycles. The average molecular weight is 216 g/mol. The summed E-state index contributed by atoms with van der Waals surface area (Å²) in [5.41, 5.74) is -0.565. The Hall–Kier alpha value is -1.32. The Morgan fingerprint density at radius 1 is 1.27 bits per heavy atom. The molecule has 0 aliphatic rings. The first-order chi connectivity index (χ1) is 6.87. The fraction of sp³-hybridized carbons (Fsp3) is 0.455. The zero-order valence-corrected chi connectivity index (χ0v) is 8.97. The van der Waals surface area contributed by atoms with Crippen molar-refractivity contribution in [2.75, 3.05) is 0 Å². The van der Waals surface area contributed by atoms with Crippen molar-refractivity contribution in [1.82, 2.24) is 0 Å². The van der Waals surface area contributed by atoms with Crippen LogP contribution in [0.15, 0.2) is 12.1 Å². The highest BCUT2D eigenvalue weighted by molar-refractivity contribution is 5.34. The first-order valence-electron chi connectivity index (χ1n) is 4.73. The number of halogens is 2. The molecule has 1 aromatic carbocycles. The van der Waals surface area contributed by atoms with Crippen molar-refractivity contribution in [3.8, 4) is 11.5 Å². The molecule has 0 radical (unpaired) electrons. The Kier molecular flexibility index (Phi) is 3.17. The number of hydrogen-bond donors (Lipinski definition) is 1. The lowest BCUT2D eigenvalue weighted by atomic mass is 10.1. The Morgan fingerprint density at radius 2 is 1.87 bits per heavy atom. The Bertz CT molecular complexity index is 362. The molecular formula is C11H14F2O2. The van der Waals surface area contributed by atoms with Gasteiger partial charge in [-0.3, -0.25) is 0 Å². The third-order valence-electron chi connectivity index (χ3n) is 2.26. The number of aromatic hydroxyl groups is 1. The van der Waals surface area contributed by atoms with E-state index in [0.29, 0.717) is 6.42 Å². The van der Waals surface area contributed by atoms with E-state index in [1.807, 2.05) is 6.92 Å². The number of rotatable bonds is 3. The molecule has 0 amide bonds. The second-order valence-corrected chi connectivity index (χ2v) is 3.93. The van der Waals surface area contributed by atoms with Crippen LogP contribution in [0.2, 0.25) is 0 Å². The molecule has 1 N–H and O–H groups in total. The van der Waals surface area contributed by atoms with Gasteiger partial charge in [0, 0.05) is 0 Å². The molecular weight excluding hydrogens is 202 g/mol. The third kappa shape index (κ3) is 2.58. The molecule has 0 bridgehead atoms. The number of phenolic OH excluding ortho intramolecular Hbond substituents is 1. The second kappa shape index (κ2) is 4.04. The lowest BCUT2D eigenvalue weighted by Crippen LogP contribution is -2.27. The summed E-state index contributed by atoms with van der Waals surface area (Å²) >= 11 is 0. The standard InChI is InChI=1S/C11H14F2O2/c1-4-11(2,3)15-8-6-5-7(14)9(12)10(8)13/h5-6,14H,4H2,1-3H3. The van der Waals surface area contributed by atoms with Crippen LogP contribution < -0.4 is 4.74 Å². The monoisotopic (exact) mass is 216 g/mol. The minimum Gasteiger partial charge on any atom is -0.505 e. The molecule has 0 spiro atoms. The topological polar surface area (TPSA) is 29.5 Å². The Morgan fingerprint density at radius 3 is 2.40 bits per heavy atom. The molecule has 2 nitrogen and oxygen atoms in total. The molecule has 0 heterocycles. The number of ether oxygens (including phenoxy) is 1. The van der Waals surface area contributed by atoms with Crippen LogP contribution >= 0.6 is 0 Å². The van der Waals surface area contributed by atoms with Gasteiger partial charge in [0.1, 0.15) is 5.60 Å². The number of phenols is 1. The molecule has 84 valence electrons. The Balaban J connectivity index is 3.02. The second-order valence-electron chi connectivity index (χ2n) is 3.93. The first kappa shape index (κ1) is 11.8. The van der Waals surface area contributed by atoms with E-state index in [1.165, 1.54) is 6.07 Å². The molecule has 0 saturated heterocycles. The van der Waals surface area contributed by atoms with Crippen molar-refractivity contribution in [3.05, 3.63) is 23.8 Å². The maximum absolute atomic E-state index is 13.3. The molecule has 0 atom stereocenters. The van der Waals surface area contributed by atoms with Crippen LogP contribution in [0.1, 0.15) is 27.2 Å². The zero-order valence-electron chi connectivity index (χ0n) is 8.97. The highest BCUT2D eigenvalue weighted by Gasteiger charge is 2.21. The quantitative estimate of drug-likeness (QED) is 0.840. The molecule has 0 aliphatic carbocycles. The van der Waals surface area contributed by atoms with Crippen LogP contribution in [-0.2, 0) is 0 Å². The maximum atomic E-state index is 13.3. The van der Waals surface area contributed by atoms with Gasteiger partial charge < -0.3 is 9.84 Å². The predicted molar refractivity (Wildman–Crippen MR) is 53.0 cm³/mol. The lowest BCUT2D eigenvalue weighted by Gasteiger charge is -2.25. The van der Waals surface area contributed by atoms with Crippen molar-refractivity contribution in [2.45, 2.75) is 32.8 Å². The van der Waals surface area contributed by atoms with Gasteiger partial charge in [-0.05, 0) is 32.4 Å². The van der Waals surface area contributed by atoms with Gasteiger partial charge in [-0.2, -0.15) is 8.78 Å². The normalized spacial score (nSPS) is 11.5. The fourth-order valence-corrected chi connectivity index (χ4v) is 0.970. The first-order valence-corrected chi connectivity index (χ1v) is 4.73. The predicted octanol–water partition coefficient (Wildman–Crippen LogP) is 3.24. The van der Waals surface area contributed by atoms with Gasteiger partial charge in [0.2, 0.25) is 11.6 Å². The molecule has 0 aromatic heterocycles. The summed E-state index contributed by atoms with van der Waals surface area (Å²) in [5, 5.41) is 8.91. The minimum atomic E-state index is -1.28. The van der Waals surface area contributed by atoms with Crippen LogP contribution in [0, 0.1) is 11.6 Å². The zero-order chi connectivity index (χ0) is 11.6. The van der Waals surface area contributed by atoms with Crippen LogP contribution in [0.4, 0.5) is 8.78 Å². The third-order valence-corrected chi connectivity index (χ3v) is 2.26. The van der Waals surface area contributed by atoms with E-state index in [1.54, 1.807) is 13.8 Å². The highest BCUT2D eigenvalue weighted by Crippen LogP contribution is 2.29. The molecule has 1 aromatic rings. The van der Waals surface area contributed by atoms with Crippen LogP contribution in [0.5, 0.6) is 11.5 Å². The van der Waals surface area contributed by atoms with Gasteiger partial charge in [-0.1, -0.05) is 6.92 Å². The van der Waals surface area contributed by atoms with Crippen LogP contribution in [-0.4, -0.2) is 10.7 Å². The van der Waals surface area contributed by atoms with Crippen molar-refractivity contribution < 1.29 is 18.6 Å². The summed E-state index contributed by atoms with van der Waals surface area (Å²) in [5.74, 6) is -3.33. The van der Waals surface area contributed by atoms with E-state index >= 15 is 0 Å². The fourth-order valence-electron chi connectivity index (χ4n) is 0.970. The molecule has 0 fully saturated rings. The molecule has 0 unspecified atom stereocenters. The summed E-state index contributed by atoms with van der Waals surface area (Å²) < 4.78 is 31.5. The summed E-state index contributed by atoms with van der Waals surface area (Å²) in [6.07, 6.45) is 0.662. The van der Waals surface area contributed by atoms with Gasteiger partial charge in [0.05, 0.1) is 0 Å². The highest BCUT2D eigenvalue weighted by atomic mass is 19.2. The van der Waals surface area contributed by atoms with E-state index in [2.05, 4.69) is 0 Å². The minimum absolute atomic E-state index is 0.183. The van der Waals surface area contributed by atoms with Crippen LogP contribution in [0.3, 0.4) is 0 Å². The van der Waals surface area contributed by atoms with E-state index in [4.69, 9.17) is 9.84 Å². The smallest absolute Gasteiger partial charge is 0.204 e.